The van der Waals surface area contributed by atoms with Crippen molar-refractivity contribution in [1.29, 1.82) is 0 Å². The van der Waals surface area contributed by atoms with Crippen LogP contribution in [0.3, 0.4) is 0 Å². The summed E-state index contributed by atoms with van der Waals surface area (Å²) in [6, 6.07) is 57.1. The van der Waals surface area contributed by atoms with Crippen molar-refractivity contribution >= 4 is 68.1 Å². The molecule has 0 N–H and O–H groups in total. The van der Waals surface area contributed by atoms with Crippen LogP contribution < -0.4 is 0 Å². The summed E-state index contributed by atoms with van der Waals surface area (Å²) in [7, 11) is 0. The topological polar surface area (TPSA) is 25.8 Å². The molecule has 10 aromatic rings. The number of thiophene rings is 4. The second kappa shape index (κ2) is 14.4. The summed E-state index contributed by atoms with van der Waals surface area (Å²) in [6.07, 6.45) is 0. The number of nitrogens with zero attached hydrogens (tertiary/aromatic N) is 2. The lowest BCUT2D eigenvalue weighted by Crippen LogP contribution is -1.88. The van der Waals surface area contributed by atoms with E-state index >= 15 is 0 Å². The molecule has 0 spiro atoms. The molecule has 55 heavy (non-hydrogen) atoms. The second-order valence-corrected chi connectivity index (χ2v) is 18.6. The van der Waals surface area contributed by atoms with Crippen LogP contribution in [0.5, 0.6) is 0 Å². The Balaban J connectivity index is 1.26. The molecule has 0 unspecified atom stereocenters. The molecular weight excluding hydrogens is 765 g/mol. The van der Waals surface area contributed by atoms with Gasteiger partial charge in [-0.25, -0.2) is 0 Å². The van der Waals surface area contributed by atoms with E-state index in [4.69, 9.17) is 8.75 Å². The Hall–Kier alpha value is -5.28. The lowest BCUT2D eigenvalue weighted by Gasteiger charge is -2.12. The Labute approximate surface area is 340 Å². The number of fused-ring (bicyclic) bond motifs is 1. The standard InChI is InChI=1S/C48H32N2S5/c1-29-23-27-37(51-29)47-41(33-19-11-5-12-20-33)39(31-15-7-3-8-16-31)45(53-47)35-25-26-36(44-43(35)49-55-50-44)46-40(32-17-9-4-10-18-32)42(34-21-13-6-14-22-34)48(54-46)38-28-24-30(2)52-38/h3-28H,1-2H3. The van der Waals surface area contributed by atoms with Crippen LogP contribution >= 0.6 is 57.1 Å². The molecule has 2 nitrogen and oxygen atoms in total. The minimum absolute atomic E-state index is 0.941. The molecule has 10 rings (SSSR count). The molecule has 5 heterocycles. The smallest absolute Gasteiger partial charge is 0.114 e. The Morgan fingerprint density at radius 3 is 0.964 bits per heavy atom. The fourth-order valence-corrected chi connectivity index (χ4v) is 12.7. The van der Waals surface area contributed by atoms with Crippen molar-refractivity contribution in [2.45, 2.75) is 13.8 Å². The molecule has 0 bridgehead atoms. The lowest BCUT2D eigenvalue weighted by atomic mass is 9.90. The van der Waals surface area contributed by atoms with Crippen LogP contribution in [0.25, 0.3) is 95.9 Å². The van der Waals surface area contributed by atoms with E-state index in [1.165, 1.54) is 95.3 Å². The first-order valence-electron chi connectivity index (χ1n) is 18.1. The van der Waals surface area contributed by atoms with E-state index in [-0.39, 0.29) is 0 Å². The van der Waals surface area contributed by atoms with Gasteiger partial charge in [0.1, 0.15) is 11.0 Å². The summed E-state index contributed by atoms with van der Waals surface area (Å²) in [6.45, 7) is 4.38. The van der Waals surface area contributed by atoms with Gasteiger partial charge in [-0.15, -0.1) is 45.3 Å². The van der Waals surface area contributed by atoms with Gasteiger partial charge in [0.15, 0.2) is 0 Å². The SMILES string of the molecule is Cc1ccc(-c2sc(-c3ccc(-c4sc(-c5ccc(C)s5)c(-c5ccccc5)c4-c4ccccc4)c4nsnc34)c(-c3ccccc3)c2-c2ccccc2)s1. The van der Waals surface area contributed by atoms with Crippen molar-refractivity contribution in [3.05, 3.63) is 167 Å². The van der Waals surface area contributed by atoms with Gasteiger partial charge in [-0.2, -0.15) is 8.75 Å². The Bertz CT molecular complexity index is 2730. The van der Waals surface area contributed by atoms with E-state index in [0.717, 1.165) is 22.2 Å². The molecule has 5 aromatic heterocycles. The summed E-state index contributed by atoms with van der Waals surface area (Å²) in [4.78, 5) is 10.2. The molecule has 0 aliphatic heterocycles. The van der Waals surface area contributed by atoms with Gasteiger partial charge in [-0.3, -0.25) is 0 Å². The lowest BCUT2D eigenvalue weighted by molar-refractivity contribution is 1.60. The largest absolute Gasteiger partial charge is 0.172 e. The first kappa shape index (κ1) is 34.2. The maximum absolute atomic E-state index is 5.10. The van der Waals surface area contributed by atoms with Crippen molar-refractivity contribution in [3.63, 3.8) is 0 Å². The highest BCUT2D eigenvalue weighted by atomic mass is 32.1. The van der Waals surface area contributed by atoms with Crippen LogP contribution in [0.4, 0.5) is 0 Å². The minimum Gasteiger partial charge on any atom is -0.172 e. The summed E-state index contributed by atoms with van der Waals surface area (Å²) in [5.41, 5.74) is 13.9. The first-order valence-corrected chi connectivity index (χ1v) is 22.1. The normalized spacial score (nSPS) is 11.5. The van der Waals surface area contributed by atoms with Gasteiger partial charge in [0.05, 0.1) is 21.5 Å². The van der Waals surface area contributed by atoms with Crippen molar-refractivity contribution in [3.8, 4) is 84.9 Å². The van der Waals surface area contributed by atoms with Crippen molar-refractivity contribution < 1.29 is 0 Å². The van der Waals surface area contributed by atoms with Gasteiger partial charge in [-0.05, 0) is 60.4 Å². The molecule has 0 fully saturated rings. The third-order valence-corrected chi connectivity index (χ3v) is 15.2. The van der Waals surface area contributed by atoms with Crippen molar-refractivity contribution in [1.82, 2.24) is 8.75 Å². The zero-order valence-corrected chi connectivity index (χ0v) is 34.0. The van der Waals surface area contributed by atoms with E-state index in [2.05, 4.69) is 172 Å². The molecule has 0 saturated heterocycles. The first-order chi connectivity index (χ1) is 27.1. The molecule has 0 amide bonds. The number of benzene rings is 5. The van der Waals surface area contributed by atoms with Crippen LogP contribution in [0.1, 0.15) is 9.75 Å². The summed E-state index contributed by atoms with van der Waals surface area (Å²) < 4.78 is 10.2. The van der Waals surface area contributed by atoms with E-state index < -0.39 is 0 Å². The van der Waals surface area contributed by atoms with Crippen LogP contribution in [-0.2, 0) is 0 Å². The molecule has 7 heteroatoms. The zero-order chi connectivity index (χ0) is 36.9. The Kier molecular flexibility index (Phi) is 8.97. The average molecular weight is 797 g/mol. The highest BCUT2D eigenvalue weighted by Gasteiger charge is 2.29. The average Bonchev–Trinajstić information content (AvgIpc) is 4.09. The van der Waals surface area contributed by atoms with E-state index in [1.807, 2.05) is 45.3 Å². The van der Waals surface area contributed by atoms with Crippen LogP contribution in [0.2, 0.25) is 0 Å². The van der Waals surface area contributed by atoms with Gasteiger partial charge in [-0.1, -0.05) is 133 Å². The van der Waals surface area contributed by atoms with E-state index in [9.17, 15) is 0 Å². The molecular formula is C48H32N2S5. The van der Waals surface area contributed by atoms with Crippen molar-refractivity contribution in [2.24, 2.45) is 0 Å². The quantitative estimate of drug-likeness (QED) is 0.153. The van der Waals surface area contributed by atoms with Gasteiger partial charge in [0.25, 0.3) is 0 Å². The maximum Gasteiger partial charge on any atom is 0.114 e. The fraction of sp³-hybridized carbons (Fsp3) is 0.0417. The number of rotatable bonds is 8. The van der Waals surface area contributed by atoms with Crippen LogP contribution in [0, 0.1) is 13.8 Å². The molecule has 0 radical (unpaired) electrons. The second-order valence-electron chi connectivity index (χ2n) is 13.4. The maximum atomic E-state index is 5.10. The van der Waals surface area contributed by atoms with Gasteiger partial charge in [0.2, 0.25) is 0 Å². The number of aromatic nitrogens is 2. The summed E-state index contributed by atoms with van der Waals surface area (Å²) >= 11 is 8.75. The van der Waals surface area contributed by atoms with Crippen LogP contribution in [-0.4, -0.2) is 8.75 Å². The molecule has 0 aliphatic rings. The molecule has 264 valence electrons. The predicted octanol–water partition coefficient (Wildman–Crippen LogP) is 15.9. The minimum atomic E-state index is 0.941. The third kappa shape index (κ3) is 6.13. The third-order valence-electron chi connectivity index (χ3n) is 9.90. The van der Waals surface area contributed by atoms with Crippen molar-refractivity contribution in [2.75, 3.05) is 0 Å². The molecule has 5 aromatic carbocycles. The van der Waals surface area contributed by atoms with Gasteiger partial charge in [0, 0.05) is 62.6 Å². The van der Waals surface area contributed by atoms with Gasteiger partial charge >= 0.3 is 0 Å². The number of aryl methyl sites for hydroxylation is 2. The predicted molar refractivity (Wildman–Crippen MR) is 242 cm³/mol. The van der Waals surface area contributed by atoms with E-state index in [1.54, 1.807) is 0 Å². The zero-order valence-electron chi connectivity index (χ0n) is 29.9. The molecule has 0 aliphatic carbocycles. The fourth-order valence-electron chi connectivity index (χ4n) is 7.46. The van der Waals surface area contributed by atoms with Gasteiger partial charge < -0.3 is 0 Å². The van der Waals surface area contributed by atoms with Crippen LogP contribution in [0.15, 0.2) is 158 Å². The Morgan fingerprint density at radius 2 is 0.655 bits per heavy atom. The van der Waals surface area contributed by atoms with E-state index in [0.29, 0.717) is 0 Å². The summed E-state index contributed by atoms with van der Waals surface area (Å²) in [5, 5.41) is 0. The molecule has 0 saturated carbocycles. The summed E-state index contributed by atoms with van der Waals surface area (Å²) in [5.74, 6) is 0. The highest BCUT2D eigenvalue weighted by molar-refractivity contribution is 7.25. The Morgan fingerprint density at radius 1 is 0.327 bits per heavy atom. The monoisotopic (exact) mass is 796 g/mol. The highest BCUT2D eigenvalue weighted by Crippen LogP contribution is 2.57. The number of hydrogen-bond donors (Lipinski definition) is 0. The molecule has 0 atom stereocenters. The number of hydrogen-bond acceptors (Lipinski definition) is 7.